The molecule has 0 saturated heterocycles. The number of esters is 1. The van der Waals surface area contributed by atoms with E-state index in [0.717, 1.165) is 10.6 Å². The lowest BCUT2D eigenvalue weighted by molar-refractivity contribution is -0.114. The molecule has 0 atom stereocenters. The molecule has 7 nitrogen and oxygen atoms in total. The van der Waals surface area contributed by atoms with E-state index in [1.54, 1.807) is 38.1 Å². The van der Waals surface area contributed by atoms with Gasteiger partial charge in [0.15, 0.2) is 0 Å². The number of hydrogen-bond acceptors (Lipinski definition) is 5. The smallest absolute Gasteiger partial charge is 0.337 e. The van der Waals surface area contributed by atoms with E-state index < -0.39 is 28.4 Å². The van der Waals surface area contributed by atoms with Crippen LogP contribution in [0.15, 0.2) is 36.4 Å². The summed E-state index contributed by atoms with van der Waals surface area (Å²) in [6, 6.07) is 9.54. The zero-order chi connectivity index (χ0) is 21.1. The second-order valence-electron chi connectivity index (χ2n) is 6.27. The van der Waals surface area contributed by atoms with Crippen molar-refractivity contribution in [2.75, 3.05) is 29.5 Å². The van der Waals surface area contributed by atoms with E-state index in [4.69, 9.17) is 11.6 Å². The van der Waals surface area contributed by atoms with Crippen molar-refractivity contribution in [2.45, 2.75) is 13.8 Å². The molecule has 0 spiro atoms. The van der Waals surface area contributed by atoms with Gasteiger partial charge in [0.05, 0.1) is 24.6 Å². The number of carbonyl (C=O) groups is 2. The van der Waals surface area contributed by atoms with Crippen molar-refractivity contribution in [3.05, 3.63) is 58.1 Å². The van der Waals surface area contributed by atoms with Gasteiger partial charge in [0, 0.05) is 10.7 Å². The molecule has 1 N–H and O–H groups in total. The number of halogens is 1. The Morgan fingerprint density at radius 1 is 1.11 bits per heavy atom. The number of rotatable bonds is 6. The molecule has 0 fully saturated rings. The number of nitrogens with zero attached hydrogens (tertiary/aromatic N) is 1. The second kappa shape index (κ2) is 8.62. The second-order valence-corrected chi connectivity index (χ2v) is 8.61. The van der Waals surface area contributed by atoms with Crippen LogP contribution in [-0.2, 0) is 19.6 Å². The van der Waals surface area contributed by atoms with Gasteiger partial charge in [0.25, 0.3) is 0 Å². The zero-order valence-electron chi connectivity index (χ0n) is 15.9. The summed E-state index contributed by atoms with van der Waals surface area (Å²) in [5.74, 6) is -1.10. The number of hydrogen-bond donors (Lipinski definition) is 1. The number of benzene rings is 2. The van der Waals surface area contributed by atoms with E-state index in [1.165, 1.54) is 19.2 Å². The predicted octanol–water partition coefficient (Wildman–Crippen LogP) is 3.15. The molecule has 2 rings (SSSR count). The van der Waals surface area contributed by atoms with Gasteiger partial charge < -0.3 is 10.1 Å². The van der Waals surface area contributed by atoms with Crippen LogP contribution in [0.1, 0.15) is 21.5 Å². The van der Waals surface area contributed by atoms with Crippen molar-refractivity contribution in [3.63, 3.8) is 0 Å². The number of ether oxygens (including phenoxy) is 1. The monoisotopic (exact) mass is 424 g/mol. The number of amides is 1. The minimum absolute atomic E-state index is 0.272. The first-order valence-corrected chi connectivity index (χ1v) is 10.5. The SMILES string of the molecule is COC(=O)c1ccc(C)c(NC(=O)CN(c2cc(Cl)ccc2C)S(C)(=O)=O)c1. The van der Waals surface area contributed by atoms with Gasteiger partial charge in [0.2, 0.25) is 15.9 Å². The lowest BCUT2D eigenvalue weighted by atomic mass is 10.1. The van der Waals surface area contributed by atoms with Crippen LogP contribution in [0.5, 0.6) is 0 Å². The summed E-state index contributed by atoms with van der Waals surface area (Å²) >= 11 is 5.99. The molecule has 1 amide bonds. The summed E-state index contributed by atoms with van der Waals surface area (Å²) in [7, 11) is -2.48. The Balaban J connectivity index is 2.31. The highest BCUT2D eigenvalue weighted by Crippen LogP contribution is 2.26. The van der Waals surface area contributed by atoms with E-state index in [2.05, 4.69) is 10.1 Å². The van der Waals surface area contributed by atoms with E-state index in [1.807, 2.05) is 0 Å². The van der Waals surface area contributed by atoms with Crippen molar-refractivity contribution in [1.29, 1.82) is 0 Å². The number of carbonyl (C=O) groups excluding carboxylic acids is 2. The third kappa shape index (κ3) is 5.24. The maximum Gasteiger partial charge on any atom is 0.337 e. The summed E-state index contributed by atoms with van der Waals surface area (Å²) in [5.41, 5.74) is 2.36. The summed E-state index contributed by atoms with van der Waals surface area (Å²) in [6.07, 6.45) is 1.02. The number of anilines is 2. The number of methoxy groups -OCH3 is 1. The van der Waals surface area contributed by atoms with Crippen LogP contribution in [0, 0.1) is 13.8 Å². The third-order valence-corrected chi connectivity index (χ3v) is 5.42. The average molecular weight is 425 g/mol. The predicted molar refractivity (Wildman–Crippen MR) is 110 cm³/mol. The highest BCUT2D eigenvalue weighted by Gasteiger charge is 2.23. The van der Waals surface area contributed by atoms with Gasteiger partial charge in [-0.15, -0.1) is 0 Å². The molecule has 0 aliphatic carbocycles. The zero-order valence-corrected chi connectivity index (χ0v) is 17.5. The molecule has 9 heteroatoms. The topological polar surface area (TPSA) is 92.8 Å². The van der Waals surface area contributed by atoms with Crippen molar-refractivity contribution in [1.82, 2.24) is 0 Å². The number of nitrogens with one attached hydrogen (secondary N) is 1. The molecule has 0 aromatic heterocycles. The highest BCUT2D eigenvalue weighted by atomic mass is 35.5. The van der Waals surface area contributed by atoms with Crippen molar-refractivity contribution < 1.29 is 22.7 Å². The fourth-order valence-corrected chi connectivity index (χ4v) is 3.63. The summed E-state index contributed by atoms with van der Waals surface area (Å²) in [4.78, 5) is 24.3. The van der Waals surface area contributed by atoms with Gasteiger partial charge in [-0.05, 0) is 49.2 Å². The lowest BCUT2D eigenvalue weighted by Crippen LogP contribution is -2.38. The van der Waals surface area contributed by atoms with Crippen LogP contribution >= 0.6 is 11.6 Å². The maximum absolute atomic E-state index is 12.6. The highest BCUT2D eigenvalue weighted by molar-refractivity contribution is 7.92. The van der Waals surface area contributed by atoms with E-state index in [0.29, 0.717) is 27.5 Å². The van der Waals surface area contributed by atoms with E-state index >= 15 is 0 Å². The Morgan fingerprint density at radius 3 is 2.36 bits per heavy atom. The standard InChI is InChI=1S/C19H21ClN2O5S/c1-12-5-7-14(19(24)27-3)9-16(12)21-18(23)11-22(28(4,25)26)17-10-15(20)8-6-13(17)2/h5-10H,11H2,1-4H3,(H,21,23). The summed E-state index contributed by atoms with van der Waals surface area (Å²) in [6.45, 7) is 3.04. The van der Waals surface area contributed by atoms with Crippen LogP contribution < -0.4 is 9.62 Å². The molecule has 0 heterocycles. The minimum atomic E-state index is -3.74. The normalized spacial score (nSPS) is 11.0. The lowest BCUT2D eigenvalue weighted by Gasteiger charge is -2.24. The first kappa shape index (κ1) is 21.7. The molecule has 2 aromatic carbocycles. The number of sulfonamides is 1. The van der Waals surface area contributed by atoms with Crippen LogP contribution in [0.25, 0.3) is 0 Å². The first-order chi connectivity index (χ1) is 13.0. The molecule has 2 aromatic rings. The van der Waals surface area contributed by atoms with Crippen LogP contribution in [0.4, 0.5) is 11.4 Å². The Hall–Kier alpha value is -2.58. The van der Waals surface area contributed by atoms with Crippen molar-refractivity contribution >= 4 is 44.9 Å². The van der Waals surface area contributed by atoms with E-state index in [-0.39, 0.29) is 5.56 Å². The molecule has 0 saturated carbocycles. The van der Waals surface area contributed by atoms with Gasteiger partial charge in [-0.3, -0.25) is 9.10 Å². The molecule has 150 valence electrons. The molecule has 0 aliphatic rings. The van der Waals surface area contributed by atoms with E-state index in [9.17, 15) is 18.0 Å². The molecular formula is C19H21ClN2O5S. The molecule has 0 aliphatic heterocycles. The molecular weight excluding hydrogens is 404 g/mol. The largest absolute Gasteiger partial charge is 0.465 e. The fraction of sp³-hybridized carbons (Fsp3) is 0.263. The quantitative estimate of drug-likeness (QED) is 0.719. The van der Waals surface area contributed by atoms with Gasteiger partial charge in [0.1, 0.15) is 6.54 Å². The Bertz CT molecular complexity index is 1020. The molecule has 0 unspecified atom stereocenters. The van der Waals surface area contributed by atoms with Crippen molar-refractivity contribution in [3.8, 4) is 0 Å². The molecule has 0 radical (unpaired) electrons. The third-order valence-electron chi connectivity index (χ3n) is 4.06. The Morgan fingerprint density at radius 2 is 1.75 bits per heavy atom. The van der Waals surface area contributed by atoms with Gasteiger partial charge in [-0.2, -0.15) is 0 Å². The van der Waals surface area contributed by atoms with Crippen LogP contribution in [0.2, 0.25) is 5.02 Å². The Kier molecular flexibility index (Phi) is 6.69. The minimum Gasteiger partial charge on any atom is -0.465 e. The fourth-order valence-electron chi connectivity index (χ4n) is 2.55. The molecule has 28 heavy (non-hydrogen) atoms. The van der Waals surface area contributed by atoms with Crippen LogP contribution in [-0.4, -0.2) is 40.2 Å². The van der Waals surface area contributed by atoms with Gasteiger partial charge in [-0.25, -0.2) is 13.2 Å². The van der Waals surface area contributed by atoms with Gasteiger partial charge >= 0.3 is 5.97 Å². The van der Waals surface area contributed by atoms with Crippen LogP contribution in [0.3, 0.4) is 0 Å². The molecule has 0 bridgehead atoms. The van der Waals surface area contributed by atoms with Crippen molar-refractivity contribution in [2.24, 2.45) is 0 Å². The Labute approximate surface area is 169 Å². The summed E-state index contributed by atoms with van der Waals surface area (Å²) < 4.78 is 30.2. The first-order valence-electron chi connectivity index (χ1n) is 8.25. The van der Waals surface area contributed by atoms with Gasteiger partial charge in [-0.1, -0.05) is 23.7 Å². The average Bonchev–Trinajstić information content (AvgIpc) is 2.62. The number of aryl methyl sites for hydroxylation is 2. The summed E-state index contributed by atoms with van der Waals surface area (Å²) in [5, 5.41) is 3.01. The maximum atomic E-state index is 12.6.